The van der Waals surface area contributed by atoms with Crippen LogP contribution >= 0.6 is 23.2 Å². The molecule has 1 nitrogen and oxygen atoms in total. The standard InChI is InChI=1S/C17H19Cl2N/c1-12-6-8-13(9-7-12)15(11-20-2)10-14-4-3-5-16(18)17(14)19/h3-9,15,20H,10-11H2,1-2H3. The summed E-state index contributed by atoms with van der Waals surface area (Å²) in [7, 11) is 1.97. The van der Waals surface area contributed by atoms with Crippen LogP contribution in [0.3, 0.4) is 0 Å². The van der Waals surface area contributed by atoms with Gasteiger partial charge in [0.25, 0.3) is 0 Å². The molecule has 0 aliphatic heterocycles. The summed E-state index contributed by atoms with van der Waals surface area (Å²) in [5.41, 5.74) is 3.69. The number of rotatable bonds is 5. The summed E-state index contributed by atoms with van der Waals surface area (Å²) >= 11 is 12.4. The minimum Gasteiger partial charge on any atom is -0.319 e. The smallest absolute Gasteiger partial charge is 0.0624 e. The summed E-state index contributed by atoms with van der Waals surface area (Å²) in [4.78, 5) is 0. The maximum atomic E-state index is 6.30. The molecule has 2 aromatic rings. The highest BCUT2D eigenvalue weighted by Crippen LogP contribution is 2.30. The van der Waals surface area contributed by atoms with Gasteiger partial charge in [-0.05, 0) is 37.6 Å². The lowest BCUT2D eigenvalue weighted by Crippen LogP contribution is -2.19. The van der Waals surface area contributed by atoms with E-state index in [1.807, 2.05) is 25.2 Å². The number of halogens is 2. The minimum atomic E-state index is 0.386. The largest absolute Gasteiger partial charge is 0.319 e. The molecule has 0 saturated carbocycles. The third-order valence-electron chi connectivity index (χ3n) is 3.50. The molecule has 0 aliphatic carbocycles. The maximum Gasteiger partial charge on any atom is 0.0624 e. The molecule has 0 fully saturated rings. The van der Waals surface area contributed by atoms with Gasteiger partial charge in [0.15, 0.2) is 0 Å². The summed E-state index contributed by atoms with van der Waals surface area (Å²) < 4.78 is 0. The first-order chi connectivity index (χ1) is 9.61. The van der Waals surface area contributed by atoms with Gasteiger partial charge >= 0.3 is 0 Å². The second-order valence-electron chi connectivity index (χ2n) is 5.08. The number of aryl methyl sites for hydroxylation is 1. The Hall–Kier alpha value is -1.02. The van der Waals surface area contributed by atoms with E-state index < -0.39 is 0 Å². The summed E-state index contributed by atoms with van der Waals surface area (Å²) in [6, 6.07) is 14.5. The molecule has 0 aromatic heterocycles. The Labute approximate surface area is 130 Å². The van der Waals surface area contributed by atoms with Gasteiger partial charge < -0.3 is 5.32 Å². The maximum absolute atomic E-state index is 6.30. The summed E-state index contributed by atoms with van der Waals surface area (Å²) in [6.45, 7) is 3.01. The first kappa shape index (κ1) is 15.4. The van der Waals surface area contributed by atoms with Crippen LogP contribution in [0.25, 0.3) is 0 Å². The lowest BCUT2D eigenvalue weighted by atomic mass is 9.91. The van der Waals surface area contributed by atoms with Gasteiger partial charge in [0.2, 0.25) is 0 Å². The molecule has 1 unspecified atom stereocenters. The van der Waals surface area contributed by atoms with Gasteiger partial charge in [-0.1, -0.05) is 65.2 Å². The Morgan fingerprint density at radius 3 is 2.40 bits per heavy atom. The topological polar surface area (TPSA) is 12.0 Å². The predicted octanol–water partition coefficient (Wildman–Crippen LogP) is 4.85. The zero-order valence-corrected chi connectivity index (χ0v) is 13.3. The molecule has 0 amide bonds. The highest BCUT2D eigenvalue weighted by Gasteiger charge is 2.14. The molecule has 3 heteroatoms. The number of hydrogen-bond acceptors (Lipinski definition) is 1. The fourth-order valence-electron chi connectivity index (χ4n) is 2.36. The van der Waals surface area contributed by atoms with E-state index in [-0.39, 0.29) is 0 Å². The lowest BCUT2D eigenvalue weighted by Gasteiger charge is -2.18. The van der Waals surface area contributed by atoms with Crippen molar-refractivity contribution in [1.82, 2.24) is 5.32 Å². The van der Waals surface area contributed by atoms with Crippen LogP contribution in [-0.2, 0) is 6.42 Å². The third kappa shape index (κ3) is 3.76. The highest BCUT2D eigenvalue weighted by atomic mass is 35.5. The van der Waals surface area contributed by atoms with E-state index >= 15 is 0 Å². The minimum absolute atomic E-state index is 0.386. The van der Waals surface area contributed by atoms with Gasteiger partial charge in [0, 0.05) is 12.5 Å². The molecule has 0 bridgehead atoms. The van der Waals surface area contributed by atoms with Crippen molar-refractivity contribution in [2.75, 3.05) is 13.6 Å². The number of benzene rings is 2. The summed E-state index contributed by atoms with van der Waals surface area (Å²) in [6.07, 6.45) is 0.878. The number of likely N-dealkylation sites (N-methyl/N-ethyl adjacent to an activating group) is 1. The van der Waals surface area contributed by atoms with Crippen LogP contribution < -0.4 is 5.32 Å². The molecule has 0 spiro atoms. The monoisotopic (exact) mass is 307 g/mol. The van der Waals surface area contributed by atoms with Gasteiger partial charge in [0.05, 0.1) is 10.0 Å². The van der Waals surface area contributed by atoms with Crippen molar-refractivity contribution in [2.45, 2.75) is 19.3 Å². The zero-order chi connectivity index (χ0) is 14.5. The van der Waals surface area contributed by atoms with E-state index in [4.69, 9.17) is 23.2 Å². The van der Waals surface area contributed by atoms with Gasteiger partial charge in [-0.3, -0.25) is 0 Å². The fourth-order valence-corrected chi connectivity index (χ4v) is 2.76. The van der Waals surface area contributed by atoms with Crippen LogP contribution in [0.2, 0.25) is 10.0 Å². The van der Waals surface area contributed by atoms with Crippen molar-refractivity contribution < 1.29 is 0 Å². The average molecular weight is 308 g/mol. The van der Waals surface area contributed by atoms with Crippen molar-refractivity contribution >= 4 is 23.2 Å². The van der Waals surface area contributed by atoms with E-state index in [1.54, 1.807) is 0 Å². The Morgan fingerprint density at radius 2 is 1.75 bits per heavy atom. The number of nitrogens with one attached hydrogen (secondary N) is 1. The molecule has 0 heterocycles. The molecule has 0 saturated heterocycles. The average Bonchev–Trinajstić information content (AvgIpc) is 2.44. The van der Waals surface area contributed by atoms with E-state index in [0.29, 0.717) is 16.0 Å². The van der Waals surface area contributed by atoms with Gasteiger partial charge in [-0.15, -0.1) is 0 Å². The van der Waals surface area contributed by atoms with Gasteiger partial charge in [-0.2, -0.15) is 0 Å². The van der Waals surface area contributed by atoms with Crippen LogP contribution in [0.5, 0.6) is 0 Å². The Bertz CT molecular complexity index is 564. The zero-order valence-electron chi connectivity index (χ0n) is 11.8. The van der Waals surface area contributed by atoms with Crippen LogP contribution in [0.4, 0.5) is 0 Å². The molecule has 0 aliphatic rings. The van der Waals surface area contributed by atoms with Crippen molar-refractivity contribution in [2.24, 2.45) is 0 Å². The second kappa shape index (κ2) is 7.12. The molecule has 1 atom stereocenters. The van der Waals surface area contributed by atoms with Crippen molar-refractivity contribution in [3.8, 4) is 0 Å². The number of hydrogen-bond donors (Lipinski definition) is 1. The fraction of sp³-hybridized carbons (Fsp3) is 0.294. The van der Waals surface area contributed by atoms with E-state index in [0.717, 1.165) is 18.5 Å². The SMILES string of the molecule is CNCC(Cc1cccc(Cl)c1Cl)c1ccc(C)cc1. The Kier molecular flexibility index (Phi) is 5.47. The van der Waals surface area contributed by atoms with Crippen LogP contribution in [-0.4, -0.2) is 13.6 Å². The van der Waals surface area contributed by atoms with Crippen LogP contribution in [0.1, 0.15) is 22.6 Å². The van der Waals surface area contributed by atoms with Crippen LogP contribution in [0.15, 0.2) is 42.5 Å². The third-order valence-corrected chi connectivity index (χ3v) is 4.36. The normalized spacial score (nSPS) is 12.4. The molecule has 20 heavy (non-hydrogen) atoms. The molecule has 106 valence electrons. The highest BCUT2D eigenvalue weighted by molar-refractivity contribution is 6.42. The molecule has 2 aromatic carbocycles. The summed E-state index contributed by atoms with van der Waals surface area (Å²) in [5.74, 6) is 0.386. The predicted molar refractivity (Wildman–Crippen MR) is 88.0 cm³/mol. The van der Waals surface area contributed by atoms with E-state index in [2.05, 4.69) is 36.5 Å². The van der Waals surface area contributed by atoms with Gasteiger partial charge in [-0.25, -0.2) is 0 Å². The van der Waals surface area contributed by atoms with Crippen LogP contribution in [0, 0.1) is 6.92 Å². The first-order valence-electron chi connectivity index (χ1n) is 6.76. The summed E-state index contributed by atoms with van der Waals surface area (Å²) in [5, 5.41) is 4.55. The Balaban J connectivity index is 2.25. The van der Waals surface area contributed by atoms with Crippen molar-refractivity contribution in [3.05, 3.63) is 69.2 Å². The first-order valence-corrected chi connectivity index (χ1v) is 7.51. The second-order valence-corrected chi connectivity index (χ2v) is 5.87. The van der Waals surface area contributed by atoms with Gasteiger partial charge in [0.1, 0.15) is 0 Å². The van der Waals surface area contributed by atoms with E-state index in [1.165, 1.54) is 11.1 Å². The quantitative estimate of drug-likeness (QED) is 0.833. The van der Waals surface area contributed by atoms with Crippen molar-refractivity contribution in [1.29, 1.82) is 0 Å². The molecule has 2 rings (SSSR count). The van der Waals surface area contributed by atoms with Crippen molar-refractivity contribution in [3.63, 3.8) is 0 Å². The lowest BCUT2D eigenvalue weighted by molar-refractivity contribution is 0.626. The van der Waals surface area contributed by atoms with E-state index in [9.17, 15) is 0 Å². The molecule has 1 N–H and O–H groups in total. The Morgan fingerprint density at radius 1 is 1.05 bits per heavy atom. The molecule has 0 radical (unpaired) electrons. The molecular formula is C17H19Cl2N. The molecular weight excluding hydrogens is 289 g/mol.